The molecule has 0 saturated carbocycles. The lowest BCUT2D eigenvalue weighted by Crippen LogP contribution is -2.83. The Morgan fingerprint density at radius 1 is 1.62 bits per heavy atom. The fraction of sp³-hybridized carbons (Fsp3) is 0.556. The molecule has 0 aliphatic rings. The minimum atomic E-state index is -0.436. The summed E-state index contributed by atoms with van der Waals surface area (Å²) in [4.78, 5) is 11.1. The molecular weight excluding hydrogens is 168 g/mol. The third-order valence-electron chi connectivity index (χ3n) is 1.33. The molecule has 0 aromatic heterocycles. The second-order valence-corrected chi connectivity index (χ2v) is 2.92. The van der Waals surface area contributed by atoms with E-state index >= 15 is 0 Å². The molecule has 0 aliphatic heterocycles. The van der Waals surface area contributed by atoms with E-state index in [1.54, 1.807) is 13.1 Å². The van der Waals surface area contributed by atoms with Gasteiger partial charge >= 0.3 is 5.97 Å². The number of quaternary nitrogens is 1. The van der Waals surface area contributed by atoms with Crippen LogP contribution in [0.5, 0.6) is 0 Å². The summed E-state index contributed by atoms with van der Waals surface area (Å²) in [6.07, 6.45) is 2.63. The summed E-state index contributed by atoms with van der Waals surface area (Å²) in [7, 11) is 0. The first-order valence-corrected chi connectivity index (χ1v) is 4.34. The SMILES string of the molecule is CCOC(=O)C(C=N)=C[NH2+]C(C)C. The van der Waals surface area contributed by atoms with Crippen LogP contribution < -0.4 is 5.32 Å². The summed E-state index contributed by atoms with van der Waals surface area (Å²) < 4.78 is 4.75. The van der Waals surface area contributed by atoms with Gasteiger partial charge in [0.25, 0.3) is 0 Å². The molecule has 0 heterocycles. The molecular formula is C9H17N2O2+. The number of carbonyl (C=O) groups excluding carboxylic acids is 1. The standard InChI is InChI=1S/C9H16N2O2/c1-4-13-9(12)8(5-10)6-11-7(2)3/h5-7,10-11H,4H2,1-3H3/p+1. The Hall–Kier alpha value is -1.16. The predicted octanol–water partition coefficient (Wildman–Crippen LogP) is 0.0548. The first-order chi connectivity index (χ1) is 6.11. The predicted molar refractivity (Wildman–Crippen MR) is 50.6 cm³/mol. The van der Waals surface area contributed by atoms with E-state index in [1.807, 2.05) is 19.2 Å². The van der Waals surface area contributed by atoms with E-state index in [-0.39, 0.29) is 5.57 Å². The Balaban J connectivity index is 4.23. The Morgan fingerprint density at radius 3 is 2.62 bits per heavy atom. The Labute approximate surface area is 78.5 Å². The van der Waals surface area contributed by atoms with Crippen molar-refractivity contribution < 1.29 is 14.8 Å². The zero-order valence-electron chi connectivity index (χ0n) is 8.33. The molecule has 0 saturated heterocycles. The molecule has 0 spiro atoms. The maximum absolute atomic E-state index is 11.1. The van der Waals surface area contributed by atoms with Crippen LogP contribution in [0.4, 0.5) is 0 Å². The maximum Gasteiger partial charge on any atom is 0.345 e. The van der Waals surface area contributed by atoms with Crippen molar-refractivity contribution in [2.24, 2.45) is 0 Å². The number of nitrogens with two attached hydrogens (primary N) is 1. The molecule has 0 aromatic rings. The third kappa shape index (κ3) is 5.14. The van der Waals surface area contributed by atoms with Crippen LogP contribution in [-0.4, -0.2) is 24.8 Å². The largest absolute Gasteiger partial charge is 0.462 e. The summed E-state index contributed by atoms with van der Waals surface area (Å²) >= 11 is 0. The average molecular weight is 185 g/mol. The minimum Gasteiger partial charge on any atom is -0.462 e. The van der Waals surface area contributed by atoms with E-state index in [0.29, 0.717) is 12.6 Å². The van der Waals surface area contributed by atoms with Crippen molar-refractivity contribution in [3.05, 3.63) is 11.8 Å². The monoisotopic (exact) mass is 185 g/mol. The van der Waals surface area contributed by atoms with E-state index in [0.717, 1.165) is 6.21 Å². The van der Waals surface area contributed by atoms with Crippen LogP contribution in [0.3, 0.4) is 0 Å². The van der Waals surface area contributed by atoms with Gasteiger partial charge in [0.15, 0.2) is 0 Å². The van der Waals surface area contributed by atoms with Gasteiger partial charge in [0.1, 0.15) is 11.8 Å². The van der Waals surface area contributed by atoms with Gasteiger partial charge in [0.2, 0.25) is 0 Å². The second kappa shape index (κ2) is 6.37. The van der Waals surface area contributed by atoms with Crippen LogP contribution in [0, 0.1) is 5.41 Å². The summed E-state index contributed by atoms with van der Waals surface area (Å²) in [5, 5.41) is 8.86. The lowest BCUT2D eigenvalue weighted by atomic mass is 10.3. The Kier molecular flexibility index (Phi) is 5.80. The van der Waals surface area contributed by atoms with Crippen molar-refractivity contribution in [3.8, 4) is 0 Å². The van der Waals surface area contributed by atoms with E-state index in [2.05, 4.69) is 0 Å². The summed E-state index contributed by atoms with van der Waals surface area (Å²) in [6.45, 7) is 6.09. The van der Waals surface area contributed by atoms with Crippen molar-refractivity contribution >= 4 is 12.2 Å². The third-order valence-corrected chi connectivity index (χ3v) is 1.33. The zero-order chi connectivity index (χ0) is 10.3. The molecule has 3 N–H and O–H groups in total. The molecule has 0 aliphatic carbocycles. The molecule has 0 amide bonds. The summed E-state index contributed by atoms with van der Waals surface area (Å²) in [6, 6.07) is 0.365. The van der Waals surface area contributed by atoms with Gasteiger partial charge in [-0.25, -0.2) is 4.79 Å². The van der Waals surface area contributed by atoms with Crippen molar-refractivity contribution in [3.63, 3.8) is 0 Å². The van der Waals surface area contributed by atoms with E-state index in [9.17, 15) is 4.79 Å². The van der Waals surface area contributed by atoms with Gasteiger partial charge in [-0.2, -0.15) is 0 Å². The molecule has 0 aromatic carbocycles. The van der Waals surface area contributed by atoms with Gasteiger partial charge in [-0.15, -0.1) is 0 Å². The Morgan fingerprint density at radius 2 is 2.23 bits per heavy atom. The van der Waals surface area contributed by atoms with Crippen LogP contribution in [0.15, 0.2) is 11.8 Å². The highest BCUT2D eigenvalue weighted by Crippen LogP contribution is 1.90. The first-order valence-electron chi connectivity index (χ1n) is 4.34. The highest BCUT2D eigenvalue weighted by Gasteiger charge is 2.09. The van der Waals surface area contributed by atoms with Crippen LogP contribution in [-0.2, 0) is 9.53 Å². The number of carbonyl (C=O) groups is 1. The number of ether oxygens (including phenoxy) is 1. The number of hydrogen-bond acceptors (Lipinski definition) is 3. The fourth-order valence-electron chi connectivity index (χ4n) is 0.686. The number of nitrogens with one attached hydrogen (secondary N) is 1. The molecule has 0 bridgehead atoms. The van der Waals surface area contributed by atoms with Crippen LogP contribution in [0.2, 0.25) is 0 Å². The van der Waals surface area contributed by atoms with Crippen molar-refractivity contribution in [2.75, 3.05) is 6.61 Å². The molecule has 4 nitrogen and oxygen atoms in total. The van der Waals surface area contributed by atoms with Gasteiger partial charge in [0, 0.05) is 6.21 Å². The second-order valence-electron chi connectivity index (χ2n) is 2.92. The smallest absolute Gasteiger partial charge is 0.345 e. The normalized spacial score (nSPS) is 11.5. The number of rotatable bonds is 5. The molecule has 13 heavy (non-hydrogen) atoms. The van der Waals surface area contributed by atoms with Gasteiger partial charge in [-0.3, -0.25) is 0 Å². The lowest BCUT2D eigenvalue weighted by Gasteiger charge is -2.01. The molecule has 0 atom stereocenters. The molecule has 0 rings (SSSR count). The van der Waals surface area contributed by atoms with Crippen molar-refractivity contribution in [1.82, 2.24) is 0 Å². The van der Waals surface area contributed by atoms with E-state index in [4.69, 9.17) is 10.1 Å². The highest BCUT2D eigenvalue weighted by atomic mass is 16.5. The van der Waals surface area contributed by atoms with Crippen LogP contribution >= 0.6 is 0 Å². The zero-order valence-corrected chi connectivity index (χ0v) is 8.33. The van der Waals surface area contributed by atoms with Crippen molar-refractivity contribution in [1.29, 1.82) is 5.41 Å². The Bertz CT molecular complexity index is 210. The molecule has 74 valence electrons. The first kappa shape index (κ1) is 11.8. The van der Waals surface area contributed by atoms with Crippen molar-refractivity contribution in [2.45, 2.75) is 26.8 Å². The quantitative estimate of drug-likeness (QED) is 0.361. The van der Waals surface area contributed by atoms with Crippen LogP contribution in [0.1, 0.15) is 20.8 Å². The molecule has 0 unspecified atom stereocenters. The van der Waals surface area contributed by atoms with Crippen LogP contribution in [0.25, 0.3) is 0 Å². The minimum absolute atomic E-state index is 0.288. The molecule has 0 fully saturated rings. The highest BCUT2D eigenvalue weighted by molar-refractivity contribution is 6.08. The summed E-state index contributed by atoms with van der Waals surface area (Å²) in [5.74, 6) is -0.436. The molecule has 0 radical (unpaired) electrons. The van der Waals surface area contributed by atoms with Gasteiger partial charge in [-0.05, 0) is 20.8 Å². The molecule has 4 heteroatoms. The fourth-order valence-corrected chi connectivity index (χ4v) is 0.686. The maximum atomic E-state index is 11.1. The van der Waals surface area contributed by atoms with Gasteiger partial charge in [-0.1, -0.05) is 0 Å². The lowest BCUT2D eigenvalue weighted by molar-refractivity contribution is -0.619. The van der Waals surface area contributed by atoms with Gasteiger partial charge in [0.05, 0.1) is 12.6 Å². The van der Waals surface area contributed by atoms with E-state index in [1.165, 1.54) is 0 Å². The topological polar surface area (TPSA) is 66.8 Å². The number of esters is 1. The summed E-state index contributed by atoms with van der Waals surface area (Å²) in [5.41, 5.74) is 0.288. The van der Waals surface area contributed by atoms with E-state index < -0.39 is 5.97 Å². The average Bonchev–Trinajstić information content (AvgIpc) is 2.05. The number of hydrogen-bond donors (Lipinski definition) is 2. The van der Waals surface area contributed by atoms with Gasteiger partial charge < -0.3 is 15.5 Å².